The van der Waals surface area contributed by atoms with E-state index in [0.717, 1.165) is 18.7 Å². The smallest absolute Gasteiger partial charge is 0.261 e. The molecule has 1 amide bonds. The van der Waals surface area contributed by atoms with Gasteiger partial charge in [0.25, 0.3) is 5.91 Å². The summed E-state index contributed by atoms with van der Waals surface area (Å²) in [5.74, 6) is -0.272. The molecule has 1 heterocycles. The van der Waals surface area contributed by atoms with Gasteiger partial charge in [-0.25, -0.2) is 4.39 Å². The van der Waals surface area contributed by atoms with Crippen LogP contribution in [0.2, 0.25) is 0 Å². The normalized spacial score (nSPS) is 13.6. The highest BCUT2D eigenvalue weighted by Gasteiger charge is 2.15. The maximum Gasteiger partial charge on any atom is 0.261 e. The van der Waals surface area contributed by atoms with Crippen molar-refractivity contribution in [3.63, 3.8) is 0 Å². The molecule has 2 aromatic rings. The number of ether oxygens (including phenoxy) is 1. The van der Waals surface area contributed by atoms with Crippen LogP contribution in [0.25, 0.3) is 0 Å². The zero-order valence-electron chi connectivity index (χ0n) is 13.3. The summed E-state index contributed by atoms with van der Waals surface area (Å²) < 4.78 is 18.6. The third kappa shape index (κ3) is 4.46. The molecule has 3 rings (SSSR count). The van der Waals surface area contributed by atoms with E-state index in [1.807, 2.05) is 6.07 Å². The minimum absolute atomic E-state index is 0. The first-order valence-electron chi connectivity index (χ1n) is 7.63. The van der Waals surface area contributed by atoms with Gasteiger partial charge in [0.2, 0.25) is 0 Å². The fourth-order valence-electron chi connectivity index (χ4n) is 2.59. The second kappa shape index (κ2) is 8.13. The Hall–Kier alpha value is -2.11. The van der Waals surface area contributed by atoms with Gasteiger partial charge in [0.15, 0.2) is 6.10 Å². The molecule has 1 aliphatic heterocycles. The van der Waals surface area contributed by atoms with Crippen LogP contribution in [0.1, 0.15) is 23.6 Å². The third-order valence-corrected chi connectivity index (χ3v) is 3.85. The van der Waals surface area contributed by atoms with E-state index in [9.17, 15) is 9.18 Å². The lowest BCUT2D eigenvalue weighted by molar-refractivity contribution is -0.127. The van der Waals surface area contributed by atoms with Gasteiger partial charge in [-0.15, -0.1) is 12.4 Å². The van der Waals surface area contributed by atoms with E-state index in [1.165, 1.54) is 23.3 Å². The second-order valence-corrected chi connectivity index (χ2v) is 5.64. The quantitative estimate of drug-likeness (QED) is 0.871. The summed E-state index contributed by atoms with van der Waals surface area (Å²) in [5.41, 5.74) is 3.64. The number of hydrogen-bond acceptors (Lipinski definition) is 3. The first-order valence-corrected chi connectivity index (χ1v) is 7.63. The lowest BCUT2D eigenvalue weighted by Gasteiger charge is -2.15. The van der Waals surface area contributed by atoms with Crippen LogP contribution in [-0.2, 0) is 24.4 Å². The van der Waals surface area contributed by atoms with Crippen LogP contribution in [0, 0.1) is 5.82 Å². The minimum Gasteiger partial charge on any atom is -0.481 e. The number of halogens is 2. The van der Waals surface area contributed by atoms with Gasteiger partial charge in [-0.2, -0.15) is 0 Å². The first-order chi connectivity index (χ1) is 11.1. The lowest BCUT2D eigenvalue weighted by Crippen LogP contribution is -2.35. The van der Waals surface area contributed by atoms with E-state index < -0.39 is 6.10 Å². The molecule has 24 heavy (non-hydrogen) atoms. The van der Waals surface area contributed by atoms with Crippen LogP contribution in [0.4, 0.5) is 4.39 Å². The maximum absolute atomic E-state index is 13.1. The number of hydrogen-bond donors (Lipinski definition) is 2. The Labute approximate surface area is 146 Å². The highest BCUT2D eigenvalue weighted by Crippen LogP contribution is 2.17. The molecule has 128 valence electrons. The average Bonchev–Trinajstić information content (AvgIpc) is 3.00. The van der Waals surface area contributed by atoms with Crippen molar-refractivity contribution in [2.75, 3.05) is 0 Å². The van der Waals surface area contributed by atoms with E-state index in [1.54, 1.807) is 19.1 Å². The number of rotatable bonds is 5. The fourth-order valence-corrected chi connectivity index (χ4v) is 2.59. The van der Waals surface area contributed by atoms with Gasteiger partial charge >= 0.3 is 0 Å². The molecule has 0 saturated heterocycles. The van der Waals surface area contributed by atoms with Crippen LogP contribution >= 0.6 is 12.4 Å². The van der Waals surface area contributed by atoms with Crippen LogP contribution in [-0.4, -0.2) is 12.0 Å². The lowest BCUT2D eigenvalue weighted by atomic mass is 10.1. The van der Waals surface area contributed by atoms with Crippen molar-refractivity contribution in [3.05, 3.63) is 65.0 Å². The second-order valence-electron chi connectivity index (χ2n) is 5.64. The predicted molar refractivity (Wildman–Crippen MR) is 92.6 cm³/mol. The van der Waals surface area contributed by atoms with Gasteiger partial charge in [0, 0.05) is 25.7 Å². The Morgan fingerprint density at radius 1 is 1.25 bits per heavy atom. The SMILES string of the molecule is CC(Oc1cccc(F)c1)C(=O)NCc1ccc2c(c1)CNC2.Cl. The highest BCUT2D eigenvalue weighted by molar-refractivity contribution is 5.85. The summed E-state index contributed by atoms with van der Waals surface area (Å²) in [5, 5.41) is 6.14. The molecular formula is C18H20ClFN2O2. The summed E-state index contributed by atoms with van der Waals surface area (Å²) in [6, 6.07) is 12.0. The van der Waals surface area contributed by atoms with Crippen molar-refractivity contribution in [1.82, 2.24) is 10.6 Å². The summed E-state index contributed by atoms with van der Waals surface area (Å²) in [6.45, 7) is 3.87. The number of amides is 1. The van der Waals surface area contributed by atoms with Gasteiger partial charge in [0.1, 0.15) is 11.6 Å². The molecule has 0 aliphatic carbocycles. The molecule has 4 nitrogen and oxygen atoms in total. The summed E-state index contributed by atoms with van der Waals surface area (Å²) in [6.07, 6.45) is -0.687. The molecule has 0 aromatic heterocycles. The Morgan fingerprint density at radius 2 is 2.04 bits per heavy atom. The molecule has 0 bridgehead atoms. The third-order valence-electron chi connectivity index (χ3n) is 3.85. The van der Waals surface area contributed by atoms with Gasteiger partial charge in [-0.3, -0.25) is 4.79 Å². The van der Waals surface area contributed by atoms with Crippen molar-refractivity contribution in [2.24, 2.45) is 0 Å². The van der Waals surface area contributed by atoms with Crippen molar-refractivity contribution in [2.45, 2.75) is 32.7 Å². The number of carbonyl (C=O) groups is 1. The number of benzene rings is 2. The van der Waals surface area contributed by atoms with Crippen LogP contribution in [0.3, 0.4) is 0 Å². The van der Waals surface area contributed by atoms with E-state index in [0.29, 0.717) is 12.3 Å². The molecule has 2 aromatic carbocycles. The molecule has 1 atom stereocenters. The van der Waals surface area contributed by atoms with Gasteiger partial charge < -0.3 is 15.4 Å². The van der Waals surface area contributed by atoms with Crippen molar-refractivity contribution in [3.8, 4) is 5.75 Å². The molecule has 0 radical (unpaired) electrons. The van der Waals surface area contributed by atoms with Crippen molar-refractivity contribution in [1.29, 1.82) is 0 Å². The molecular weight excluding hydrogens is 331 g/mol. The molecule has 1 unspecified atom stereocenters. The number of fused-ring (bicyclic) bond motifs is 1. The average molecular weight is 351 g/mol. The zero-order chi connectivity index (χ0) is 16.2. The van der Waals surface area contributed by atoms with Crippen LogP contribution in [0.15, 0.2) is 42.5 Å². The van der Waals surface area contributed by atoms with Gasteiger partial charge in [-0.1, -0.05) is 24.3 Å². The van der Waals surface area contributed by atoms with E-state index in [4.69, 9.17) is 4.74 Å². The topological polar surface area (TPSA) is 50.4 Å². The summed E-state index contributed by atoms with van der Waals surface area (Å²) in [4.78, 5) is 12.1. The van der Waals surface area contributed by atoms with Crippen LogP contribution < -0.4 is 15.4 Å². The van der Waals surface area contributed by atoms with Gasteiger partial charge in [-0.05, 0) is 35.7 Å². The van der Waals surface area contributed by atoms with E-state index >= 15 is 0 Å². The van der Waals surface area contributed by atoms with Crippen molar-refractivity contribution >= 4 is 18.3 Å². The Kier molecular flexibility index (Phi) is 6.17. The molecule has 0 spiro atoms. The molecule has 6 heteroatoms. The fraction of sp³-hybridized carbons (Fsp3) is 0.278. The number of carbonyl (C=O) groups excluding carboxylic acids is 1. The Morgan fingerprint density at radius 3 is 2.83 bits per heavy atom. The standard InChI is InChI=1S/C18H19FN2O2.ClH/c1-12(23-17-4-2-3-16(19)8-17)18(22)21-9-13-5-6-14-10-20-11-15(14)7-13;/h2-8,12,20H,9-11H2,1H3,(H,21,22);1H. The number of nitrogens with one attached hydrogen (secondary N) is 2. The Balaban J connectivity index is 0.00000208. The molecule has 0 saturated carbocycles. The van der Waals surface area contributed by atoms with E-state index in [-0.39, 0.29) is 24.1 Å². The molecule has 2 N–H and O–H groups in total. The highest BCUT2D eigenvalue weighted by atomic mass is 35.5. The molecule has 1 aliphatic rings. The van der Waals surface area contributed by atoms with E-state index in [2.05, 4.69) is 22.8 Å². The maximum atomic E-state index is 13.1. The zero-order valence-corrected chi connectivity index (χ0v) is 14.2. The first kappa shape index (κ1) is 18.2. The minimum atomic E-state index is -0.687. The largest absolute Gasteiger partial charge is 0.481 e. The van der Waals surface area contributed by atoms with Crippen molar-refractivity contribution < 1.29 is 13.9 Å². The Bertz CT molecular complexity index is 724. The monoisotopic (exact) mass is 350 g/mol. The predicted octanol–water partition coefficient (Wildman–Crippen LogP) is 2.93. The molecule has 0 fully saturated rings. The summed E-state index contributed by atoms with van der Waals surface area (Å²) in [7, 11) is 0. The van der Waals surface area contributed by atoms with Gasteiger partial charge in [0.05, 0.1) is 0 Å². The summed E-state index contributed by atoms with van der Waals surface area (Å²) >= 11 is 0. The van der Waals surface area contributed by atoms with Crippen LogP contribution in [0.5, 0.6) is 5.75 Å².